The normalized spacial score (nSPS) is 12.7. The maximum absolute atomic E-state index is 12.8. The Morgan fingerprint density at radius 1 is 0.833 bits per heavy atom. The van der Waals surface area contributed by atoms with Gasteiger partial charge in [0.05, 0.1) is 11.3 Å². The molecule has 30 heavy (non-hydrogen) atoms. The second-order valence-corrected chi connectivity index (χ2v) is 7.18. The average molecular weight is 407 g/mol. The van der Waals surface area contributed by atoms with Crippen LogP contribution in [0, 0.1) is 6.92 Å². The Morgan fingerprint density at radius 2 is 1.53 bits per heavy atom. The molecule has 0 spiro atoms. The lowest BCUT2D eigenvalue weighted by molar-refractivity contribution is -0.137. The highest BCUT2D eigenvalue weighted by Gasteiger charge is 2.30. The first kappa shape index (κ1) is 20.0. The maximum Gasteiger partial charge on any atom is 0.416 e. The summed E-state index contributed by atoms with van der Waals surface area (Å²) in [7, 11) is 0. The minimum Gasteiger partial charge on any atom is -0.485 e. The van der Waals surface area contributed by atoms with E-state index >= 15 is 0 Å². The number of nitrogens with zero attached hydrogens (tertiary/aromatic N) is 1. The Balaban J connectivity index is 1.58. The van der Waals surface area contributed by atoms with E-state index in [1.165, 1.54) is 12.1 Å². The van der Waals surface area contributed by atoms with E-state index in [9.17, 15) is 13.2 Å². The second kappa shape index (κ2) is 7.82. The van der Waals surface area contributed by atoms with Crippen molar-refractivity contribution >= 4 is 10.8 Å². The lowest BCUT2D eigenvalue weighted by Gasteiger charge is -2.19. The van der Waals surface area contributed by atoms with Crippen molar-refractivity contribution in [3.05, 3.63) is 95.7 Å². The molecule has 152 valence electrons. The van der Waals surface area contributed by atoms with Gasteiger partial charge in [0.2, 0.25) is 0 Å². The van der Waals surface area contributed by atoms with E-state index in [0.29, 0.717) is 11.3 Å². The van der Waals surface area contributed by atoms with Gasteiger partial charge in [-0.05, 0) is 43.5 Å². The number of ether oxygens (including phenoxy) is 1. The molecule has 0 amide bonds. The van der Waals surface area contributed by atoms with E-state index in [4.69, 9.17) is 4.74 Å². The van der Waals surface area contributed by atoms with Crippen LogP contribution in [0.25, 0.3) is 22.0 Å². The van der Waals surface area contributed by atoms with Crippen LogP contribution in [0.5, 0.6) is 5.75 Å². The molecule has 1 atom stereocenters. The molecule has 1 unspecified atom stereocenters. The van der Waals surface area contributed by atoms with E-state index in [2.05, 4.69) is 4.98 Å². The van der Waals surface area contributed by atoms with Gasteiger partial charge in [-0.25, -0.2) is 0 Å². The molecule has 0 saturated carbocycles. The van der Waals surface area contributed by atoms with Crippen LogP contribution in [0.3, 0.4) is 0 Å². The first-order valence-electron chi connectivity index (χ1n) is 9.62. The summed E-state index contributed by atoms with van der Waals surface area (Å²) in [5.74, 6) is 0.798. The number of aromatic nitrogens is 1. The van der Waals surface area contributed by atoms with Crippen LogP contribution in [0.15, 0.2) is 78.9 Å². The monoisotopic (exact) mass is 407 g/mol. The first-order valence-corrected chi connectivity index (χ1v) is 9.62. The average Bonchev–Trinajstić information content (AvgIpc) is 2.73. The third-order valence-corrected chi connectivity index (χ3v) is 5.13. The summed E-state index contributed by atoms with van der Waals surface area (Å²) in [6, 6.07) is 22.8. The Hall–Kier alpha value is -3.34. The van der Waals surface area contributed by atoms with Crippen molar-refractivity contribution in [3.8, 4) is 17.0 Å². The van der Waals surface area contributed by atoms with Crippen LogP contribution in [-0.2, 0) is 6.18 Å². The highest BCUT2D eigenvalue weighted by Crippen LogP contribution is 2.33. The highest BCUT2D eigenvalue weighted by atomic mass is 19.4. The SMILES string of the molecule is Cc1nc(-c2ccc(C(F)(F)F)cc2)ccc1C(C)Oc1cccc2ccccc12. The zero-order valence-corrected chi connectivity index (χ0v) is 16.6. The topological polar surface area (TPSA) is 22.1 Å². The van der Waals surface area contributed by atoms with Crippen molar-refractivity contribution in [1.29, 1.82) is 0 Å². The molecular weight excluding hydrogens is 387 g/mol. The number of alkyl halides is 3. The van der Waals surface area contributed by atoms with Gasteiger partial charge < -0.3 is 4.74 Å². The summed E-state index contributed by atoms with van der Waals surface area (Å²) in [5.41, 5.74) is 2.30. The van der Waals surface area contributed by atoms with Crippen LogP contribution < -0.4 is 4.74 Å². The molecular formula is C25H20F3NO. The van der Waals surface area contributed by atoms with Gasteiger partial charge in [0.25, 0.3) is 0 Å². The lowest BCUT2D eigenvalue weighted by atomic mass is 10.0. The zero-order chi connectivity index (χ0) is 21.3. The van der Waals surface area contributed by atoms with Crippen LogP contribution in [-0.4, -0.2) is 4.98 Å². The summed E-state index contributed by atoms with van der Waals surface area (Å²) in [6.07, 6.45) is -4.58. The molecule has 0 saturated heterocycles. The highest BCUT2D eigenvalue weighted by molar-refractivity contribution is 5.88. The van der Waals surface area contributed by atoms with Crippen LogP contribution >= 0.6 is 0 Å². The molecule has 0 N–H and O–H groups in total. The molecule has 0 aliphatic heterocycles. The van der Waals surface area contributed by atoms with Crippen LogP contribution in [0.2, 0.25) is 0 Å². The molecule has 1 heterocycles. The lowest BCUT2D eigenvalue weighted by Crippen LogP contribution is -2.07. The van der Waals surface area contributed by atoms with Crippen LogP contribution in [0.1, 0.15) is 29.8 Å². The van der Waals surface area contributed by atoms with Gasteiger partial charge in [0.1, 0.15) is 11.9 Å². The largest absolute Gasteiger partial charge is 0.485 e. The van der Waals surface area contributed by atoms with Crippen molar-refractivity contribution in [2.75, 3.05) is 0 Å². The predicted octanol–water partition coefficient (Wildman–Crippen LogP) is 7.37. The fourth-order valence-corrected chi connectivity index (χ4v) is 3.54. The number of pyridine rings is 1. The fraction of sp³-hybridized carbons (Fsp3) is 0.160. The Morgan fingerprint density at radius 3 is 2.23 bits per heavy atom. The van der Waals surface area contributed by atoms with Crippen molar-refractivity contribution < 1.29 is 17.9 Å². The maximum atomic E-state index is 12.8. The smallest absolute Gasteiger partial charge is 0.416 e. The molecule has 2 nitrogen and oxygen atoms in total. The van der Waals surface area contributed by atoms with Gasteiger partial charge >= 0.3 is 6.18 Å². The van der Waals surface area contributed by atoms with E-state index in [-0.39, 0.29) is 6.10 Å². The van der Waals surface area contributed by atoms with Gasteiger partial charge in [-0.2, -0.15) is 13.2 Å². The van der Waals surface area contributed by atoms with Gasteiger partial charge in [-0.1, -0.05) is 54.6 Å². The summed E-state index contributed by atoms with van der Waals surface area (Å²) >= 11 is 0. The van der Waals surface area contributed by atoms with Crippen LogP contribution in [0.4, 0.5) is 13.2 Å². The number of halogens is 3. The summed E-state index contributed by atoms with van der Waals surface area (Å²) < 4.78 is 44.6. The third kappa shape index (κ3) is 4.01. The quantitative estimate of drug-likeness (QED) is 0.352. The molecule has 0 bridgehead atoms. The van der Waals surface area contributed by atoms with E-state index < -0.39 is 11.7 Å². The summed E-state index contributed by atoms with van der Waals surface area (Å²) in [4.78, 5) is 4.60. The van der Waals surface area contributed by atoms with Crippen molar-refractivity contribution in [2.45, 2.75) is 26.1 Å². The van der Waals surface area contributed by atoms with Gasteiger partial charge in [0, 0.05) is 22.2 Å². The predicted molar refractivity (Wildman–Crippen MR) is 112 cm³/mol. The first-order chi connectivity index (χ1) is 14.3. The standard InChI is InChI=1S/C25H20F3NO/c1-16-21(17(2)30-24-9-5-7-18-6-3-4-8-22(18)24)14-15-23(29-16)19-10-12-20(13-11-19)25(26,27)28/h3-15,17H,1-2H3. The van der Waals surface area contributed by atoms with Gasteiger partial charge in [-0.3, -0.25) is 4.98 Å². The number of hydrogen-bond acceptors (Lipinski definition) is 2. The van der Waals surface area contributed by atoms with E-state index in [1.807, 2.05) is 68.4 Å². The number of aryl methyl sites for hydroxylation is 1. The molecule has 3 aromatic carbocycles. The molecule has 0 aliphatic carbocycles. The Labute approximate surface area is 173 Å². The van der Waals surface area contributed by atoms with Gasteiger partial charge in [0.15, 0.2) is 0 Å². The van der Waals surface area contributed by atoms with Crippen molar-refractivity contribution in [1.82, 2.24) is 4.98 Å². The number of fused-ring (bicyclic) bond motifs is 1. The molecule has 4 aromatic rings. The molecule has 0 fully saturated rings. The summed E-state index contributed by atoms with van der Waals surface area (Å²) in [6.45, 7) is 3.84. The van der Waals surface area contributed by atoms with E-state index in [1.54, 1.807) is 0 Å². The fourth-order valence-electron chi connectivity index (χ4n) is 3.54. The Bertz CT molecular complexity index is 1180. The summed E-state index contributed by atoms with van der Waals surface area (Å²) in [5, 5.41) is 2.15. The minimum absolute atomic E-state index is 0.232. The molecule has 0 aliphatic rings. The number of benzene rings is 3. The zero-order valence-electron chi connectivity index (χ0n) is 16.6. The minimum atomic E-state index is -4.35. The second-order valence-electron chi connectivity index (χ2n) is 7.18. The molecule has 1 aromatic heterocycles. The van der Waals surface area contributed by atoms with Crippen molar-refractivity contribution in [2.24, 2.45) is 0 Å². The number of rotatable bonds is 4. The molecule has 5 heteroatoms. The van der Waals surface area contributed by atoms with Gasteiger partial charge in [-0.15, -0.1) is 0 Å². The Kier molecular flexibility index (Phi) is 5.20. The molecule has 4 rings (SSSR count). The third-order valence-electron chi connectivity index (χ3n) is 5.13. The van der Waals surface area contributed by atoms with Crippen molar-refractivity contribution in [3.63, 3.8) is 0 Å². The molecule has 0 radical (unpaired) electrons. The van der Waals surface area contributed by atoms with E-state index in [0.717, 1.165) is 39.9 Å². The number of hydrogen-bond donors (Lipinski definition) is 0.